The summed E-state index contributed by atoms with van der Waals surface area (Å²) in [5.74, 6) is 0.355. The first-order valence-electron chi connectivity index (χ1n) is 8.63. The van der Waals surface area contributed by atoms with Crippen molar-refractivity contribution in [3.05, 3.63) is 24.3 Å². The summed E-state index contributed by atoms with van der Waals surface area (Å²) < 4.78 is 53.5. The third kappa shape index (κ3) is 6.58. The minimum atomic E-state index is -3.59. The van der Waals surface area contributed by atoms with Crippen LogP contribution in [0, 0.1) is 5.92 Å². The van der Waals surface area contributed by atoms with Gasteiger partial charge in [-0.05, 0) is 62.5 Å². The minimum Gasteiger partial charge on any atom is -0.316 e. The van der Waals surface area contributed by atoms with Gasteiger partial charge in [-0.2, -0.15) is 0 Å². The molecule has 3 N–H and O–H groups in total. The van der Waals surface area contributed by atoms with Crippen molar-refractivity contribution in [2.75, 3.05) is 30.1 Å². The van der Waals surface area contributed by atoms with Gasteiger partial charge in [0.25, 0.3) is 0 Å². The molecule has 1 aliphatic rings. The van der Waals surface area contributed by atoms with Crippen LogP contribution in [0.5, 0.6) is 0 Å². The highest BCUT2D eigenvalue weighted by atomic mass is 32.2. The van der Waals surface area contributed by atoms with Crippen molar-refractivity contribution in [1.82, 2.24) is 10.0 Å². The van der Waals surface area contributed by atoms with Crippen molar-refractivity contribution >= 4 is 25.7 Å². The number of anilines is 1. The van der Waals surface area contributed by atoms with E-state index in [-0.39, 0.29) is 10.6 Å². The zero-order valence-corrected chi connectivity index (χ0v) is 16.1. The van der Waals surface area contributed by atoms with Crippen LogP contribution in [0.2, 0.25) is 0 Å². The van der Waals surface area contributed by atoms with E-state index in [4.69, 9.17) is 0 Å². The molecule has 1 saturated heterocycles. The van der Waals surface area contributed by atoms with Crippen LogP contribution in [0.15, 0.2) is 29.2 Å². The zero-order valence-electron chi connectivity index (χ0n) is 14.5. The van der Waals surface area contributed by atoms with E-state index < -0.39 is 20.0 Å². The Balaban J connectivity index is 1.95. The molecular weight excluding hydrogens is 362 g/mol. The van der Waals surface area contributed by atoms with Gasteiger partial charge < -0.3 is 5.32 Å². The summed E-state index contributed by atoms with van der Waals surface area (Å²) in [5.41, 5.74) is 0.367. The number of unbranched alkanes of at least 4 members (excludes halogenated alkanes) is 1. The van der Waals surface area contributed by atoms with E-state index in [1.807, 2.05) is 6.92 Å². The number of piperidine rings is 1. The lowest BCUT2D eigenvalue weighted by Gasteiger charge is -2.22. The van der Waals surface area contributed by atoms with E-state index >= 15 is 0 Å². The van der Waals surface area contributed by atoms with Crippen molar-refractivity contribution in [2.45, 2.75) is 37.5 Å². The Labute approximate surface area is 150 Å². The Morgan fingerprint density at radius 2 is 1.88 bits per heavy atom. The second kappa shape index (κ2) is 8.98. The van der Waals surface area contributed by atoms with Crippen molar-refractivity contribution in [2.24, 2.45) is 5.92 Å². The average Bonchev–Trinajstić information content (AvgIpc) is 2.59. The van der Waals surface area contributed by atoms with Gasteiger partial charge >= 0.3 is 0 Å². The number of rotatable bonds is 9. The van der Waals surface area contributed by atoms with Gasteiger partial charge in [-0.3, -0.25) is 4.72 Å². The molecule has 2 rings (SSSR count). The van der Waals surface area contributed by atoms with Crippen molar-refractivity contribution < 1.29 is 16.8 Å². The van der Waals surface area contributed by atoms with E-state index in [9.17, 15) is 16.8 Å². The lowest BCUT2D eigenvalue weighted by molar-refractivity contribution is 0.376. The van der Waals surface area contributed by atoms with Gasteiger partial charge in [0, 0.05) is 12.2 Å². The summed E-state index contributed by atoms with van der Waals surface area (Å²) in [6.07, 6.45) is 3.44. The molecule has 0 saturated carbocycles. The van der Waals surface area contributed by atoms with Gasteiger partial charge in [-0.15, -0.1) is 0 Å². The van der Waals surface area contributed by atoms with Crippen LogP contribution in [0.25, 0.3) is 0 Å². The van der Waals surface area contributed by atoms with Crippen LogP contribution in [-0.4, -0.2) is 42.2 Å². The Bertz CT molecular complexity index is 740. The molecule has 25 heavy (non-hydrogen) atoms. The monoisotopic (exact) mass is 389 g/mol. The maximum absolute atomic E-state index is 12.3. The molecule has 142 valence electrons. The van der Waals surface area contributed by atoms with E-state index in [1.165, 1.54) is 24.3 Å². The highest BCUT2D eigenvalue weighted by Crippen LogP contribution is 2.16. The zero-order chi connectivity index (χ0) is 18.3. The number of hydrogen-bond acceptors (Lipinski definition) is 5. The van der Waals surface area contributed by atoms with Gasteiger partial charge in [0.1, 0.15) is 0 Å². The molecule has 7 nitrogen and oxygen atoms in total. The number of benzene rings is 1. The molecular formula is C16H27N3O4S2. The molecule has 1 fully saturated rings. The second-order valence-corrected chi connectivity index (χ2v) is 9.97. The Morgan fingerprint density at radius 3 is 2.48 bits per heavy atom. The van der Waals surface area contributed by atoms with Crippen molar-refractivity contribution in [3.8, 4) is 0 Å². The smallest absolute Gasteiger partial charge is 0.240 e. The highest BCUT2D eigenvalue weighted by molar-refractivity contribution is 7.92. The highest BCUT2D eigenvalue weighted by Gasteiger charge is 2.19. The Kier molecular flexibility index (Phi) is 7.24. The van der Waals surface area contributed by atoms with Gasteiger partial charge in [-0.25, -0.2) is 21.6 Å². The molecule has 0 aliphatic carbocycles. The first-order valence-corrected chi connectivity index (χ1v) is 11.8. The number of sulfonamides is 2. The number of hydrogen-bond donors (Lipinski definition) is 3. The Morgan fingerprint density at radius 1 is 1.16 bits per heavy atom. The van der Waals surface area contributed by atoms with E-state index in [0.29, 0.717) is 24.6 Å². The SMILES string of the molecule is CCCCS(=O)(=O)Nc1ccc(S(=O)(=O)NCC2CCCNC2)cc1. The normalized spacial score (nSPS) is 18.8. The molecule has 1 aliphatic heterocycles. The quantitative estimate of drug-likeness (QED) is 0.594. The van der Waals surface area contributed by atoms with E-state index in [1.54, 1.807) is 0 Å². The molecule has 0 spiro atoms. The molecule has 9 heteroatoms. The molecule has 1 aromatic rings. The summed E-state index contributed by atoms with van der Waals surface area (Å²) in [5, 5.41) is 3.25. The van der Waals surface area contributed by atoms with Crippen LogP contribution in [0.3, 0.4) is 0 Å². The first kappa shape index (κ1) is 20.2. The fraction of sp³-hybridized carbons (Fsp3) is 0.625. The van der Waals surface area contributed by atoms with Crippen LogP contribution in [0.4, 0.5) is 5.69 Å². The van der Waals surface area contributed by atoms with Gasteiger partial charge in [0.05, 0.1) is 10.6 Å². The number of nitrogens with one attached hydrogen (secondary N) is 3. The van der Waals surface area contributed by atoms with Crippen LogP contribution in [-0.2, 0) is 20.0 Å². The molecule has 0 aromatic heterocycles. The Hall–Kier alpha value is -1.16. The van der Waals surface area contributed by atoms with Crippen LogP contribution >= 0.6 is 0 Å². The maximum Gasteiger partial charge on any atom is 0.240 e. The predicted molar refractivity (Wildman–Crippen MR) is 99.5 cm³/mol. The van der Waals surface area contributed by atoms with Crippen molar-refractivity contribution in [3.63, 3.8) is 0 Å². The van der Waals surface area contributed by atoms with Crippen LogP contribution < -0.4 is 14.8 Å². The average molecular weight is 390 g/mol. The van der Waals surface area contributed by atoms with Gasteiger partial charge in [0.2, 0.25) is 20.0 Å². The topological polar surface area (TPSA) is 104 Å². The molecule has 1 atom stereocenters. The second-order valence-electron chi connectivity index (χ2n) is 6.36. The minimum absolute atomic E-state index is 0.0561. The molecule has 1 heterocycles. The largest absolute Gasteiger partial charge is 0.316 e. The predicted octanol–water partition coefficient (Wildman–Crippen LogP) is 1.51. The third-order valence-corrected chi connectivity index (χ3v) is 6.98. The van der Waals surface area contributed by atoms with Gasteiger partial charge in [-0.1, -0.05) is 13.3 Å². The molecule has 0 bridgehead atoms. The van der Waals surface area contributed by atoms with E-state index in [2.05, 4.69) is 14.8 Å². The molecule has 0 radical (unpaired) electrons. The summed E-state index contributed by atoms with van der Waals surface area (Å²) >= 11 is 0. The summed E-state index contributed by atoms with van der Waals surface area (Å²) in [6.45, 7) is 4.13. The summed E-state index contributed by atoms with van der Waals surface area (Å²) in [4.78, 5) is 0.132. The van der Waals surface area contributed by atoms with E-state index in [0.717, 1.165) is 32.4 Å². The van der Waals surface area contributed by atoms with Crippen LogP contribution in [0.1, 0.15) is 32.6 Å². The molecule has 0 amide bonds. The molecule has 1 unspecified atom stereocenters. The third-order valence-electron chi connectivity index (χ3n) is 4.17. The van der Waals surface area contributed by atoms with Gasteiger partial charge in [0.15, 0.2) is 0 Å². The maximum atomic E-state index is 12.3. The summed E-state index contributed by atoms with van der Waals surface area (Å²) in [6, 6.07) is 5.78. The lowest BCUT2D eigenvalue weighted by Crippen LogP contribution is -2.38. The molecule has 1 aromatic carbocycles. The summed E-state index contributed by atoms with van der Waals surface area (Å²) in [7, 11) is -6.98. The van der Waals surface area contributed by atoms with Crippen molar-refractivity contribution in [1.29, 1.82) is 0 Å². The fourth-order valence-electron chi connectivity index (χ4n) is 2.68. The lowest BCUT2D eigenvalue weighted by atomic mass is 10.0. The first-order chi connectivity index (χ1) is 11.8. The standard InChI is InChI=1S/C16H27N3O4S2/c1-2-3-11-24(20,21)19-15-6-8-16(9-7-15)25(22,23)18-13-14-5-4-10-17-12-14/h6-9,14,17-19H,2-5,10-13H2,1H3. The fourth-order valence-corrected chi connectivity index (χ4v) is 5.06.